The van der Waals surface area contributed by atoms with Crippen molar-refractivity contribution in [3.05, 3.63) is 29.1 Å². The smallest absolute Gasteiger partial charge is 0.368 e. The van der Waals surface area contributed by atoms with Crippen molar-refractivity contribution < 1.29 is 23.0 Å². The van der Waals surface area contributed by atoms with E-state index < -0.39 is 17.5 Å². The van der Waals surface area contributed by atoms with E-state index >= 15 is 0 Å². The zero-order chi connectivity index (χ0) is 19.9. The fraction of sp³-hybridized carbons (Fsp3) is 0.600. The molecule has 4 nitrogen and oxygen atoms in total. The highest BCUT2D eigenvalue weighted by atomic mass is 32.1. The number of anilines is 1. The predicted molar refractivity (Wildman–Crippen MR) is 105 cm³/mol. The van der Waals surface area contributed by atoms with Gasteiger partial charge in [0.15, 0.2) is 5.79 Å². The molecule has 2 aromatic rings. The number of rotatable bonds is 4. The molecule has 1 saturated carbocycles. The van der Waals surface area contributed by atoms with Gasteiger partial charge in [-0.2, -0.15) is 13.2 Å². The standard InChI is InChI=1S/C20H25F3N2O2S/c1-27-19(26)5-4-14(11-19)12-24-6-8-25(9-7-24)17-13-28-18-10-15(20(21,22)23)2-3-16(17)18/h2-3,10,13-14,26H,4-9,11-12H2,1H3. The number of ether oxygens (including phenoxy) is 1. The van der Waals surface area contributed by atoms with Crippen molar-refractivity contribution >= 4 is 27.1 Å². The molecule has 0 bridgehead atoms. The molecule has 154 valence electrons. The first-order valence-electron chi connectivity index (χ1n) is 9.61. The Hall–Kier alpha value is -1.35. The van der Waals surface area contributed by atoms with Crippen LogP contribution in [0.2, 0.25) is 0 Å². The molecule has 1 saturated heterocycles. The Morgan fingerprint density at radius 2 is 2.00 bits per heavy atom. The van der Waals surface area contributed by atoms with Crippen molar-refractivity contribution in [2.24, 2.45) is 5.92 Å². The maximum Gasteiger partial charge on any atom is 0.416 e. The van der Waals surface area contributed by atoms with Crippen LogP contribution in [0.5, 0.6) is 0 Å². The van der Waals surface area contributed by atoms with Crippen LogP contribution in [-0.2, 0) is 10.9 Å². The molecule has 1 N–H and O–H groups in total. The summed E-state index contributed by atoms with van der Waals surface area (Å²) in [5.41, 5.74) is 0.439. The lowest BCUT2D eigenvalue weighted by Gasteiger charge is -2.37. The maximum absolute atomic E-state index is 12.9. The van der Waals surface area contributed by atoms with Gasteiger partial charge in [-0.05, 0) is 24.5 Å². The highest BCUT2D eigenvalue weighted by Gasteiger charge is 2.38. The molecule has 0 radical (unpaired) electrons. The van der Waals surface area contributed by atoms with Gasteiger partial charge >= 0.3 is 6.18 Å². The van der Waals surface area contributed by atoms with Crippen LogP contribution >= 0.6 is 11.3 Å². The van der Waals surface area contributed by atoms with E-state index in [0.717, 1.165) is 50.2 Å². The summed E-state index contributed by atoms with van der Waals surface area (Å²) in [7, 11) is 1.56. The molecule has 1 aromatic carbocycles. The van der Waals surface area contributed by atoms with E-state index in [2.05, 4.69) is 9.80 Å². The molecule has 28 heavy (non-hydrogen) atoms. The lowest BCUT2D eigenvalue weighted by atomic mass is 10.1. The van der Waals surface area contributed by atoms with Gasteiger partial charge in [-0.1, -0.05) is 6.07 Å². The van der Waals surface area contributed by atoms with Crippen molar-refractivity contribution in [1.29, 1.82) is 0 Å². The molecule has 8 heteroatoms. The molecule has 2 heterocycles. The quantitative estimate of drug-likeness (QED) is 0.762. The van der Waals surface area contributed by atoms with Crippen LogP contribution < -0.4 is 4.90 Å². The molecular formula is C20H25F3N2O2S. The highest BCUT2D eigenvalue weighted by molar-refractivity contribution is 7.17. The number of aliphatic hydroxyl groups is 1. The molecule has 1 aliphatic carbocycles. The Kier molecular flexibility index (Phi) is 5.33. The van der Waals surface area contributed by atoms with E-state index in [-0.39, 0.29) is 0 Å². The second-order valence-corrected chi connectivity index (χ2v) is 8.79. The number of thiophene rings is 1. The molecule has 2 aliphatic rings. The number of piperazine rings is 1. The maximum atomic E-state index is 12.9. The van der Waals surface area contributed by atoms with Gasteiger partial charge in [-0.3, -0.25) is 4.90 Å². The molecule has 2 atom stereocenters. The number of benzene rings is 1. The normalized spacial score (nSPS) is 27.0. The van der Waals surface area contributed by atoms with Crippen LogP contribution in [0.4, 0.5) is 18.9 Å². The summed E-state index contributed by atoms with van der Waals surface area (Å²) >= 11 is 1.37. The summed E-state index contributed by atoms with van der Waals surface area (Å²) in [5, 5.41) is 13.1. The van der Waals surface area contributed by atoms with Gasteiger partial charge in [0, 0.05) is 68.1 Å². The van der Waals surface area contributed by atoms with Crippen molar-refractivity contribution in [1.82, 2.24) is 4.90 Å². The van der Waals surface area contributed by atoms with Crippen LogP contribution in [0.25, 0.3) is 10.1 Å². The first kappa shape index (κ1) is 19.9. The monoisotopic (exact) mass is 414 g/mol. The van der Waals surface area contributed by atoms with Crippen molar-refractivity contribution in [3.8, 4) is 0 Å². The second kappa shape index (κ2) is 7.48. The van der Waals surface area contributed by atoms with Gasteiger partial charge in [0.25, 0.3) is 0 Å². The Bertz CT molecular complexity index is 832. The number of alkyl halides is 3. The van der Waals surface area contributed by atoms with Gasteiger partial charge in [0.2, 0.25) is 0 Å². The third-order valence-corrected chi connectivity index (χ3v) is 6.98. The first-order chi connectivity index (χ1) is 13.3. The van der Waals surface area contributed by atoms with Gasteiger partial charge in [0.1, 0.15) is 0 Å². The number of hydrogen-bond acceptors (Lipinski definition) is 5. The molecule has 2 unspecified atom stereocenters. The highest BCUT2D eigenvalue weighted by Crippen LogP contribution is 2.39. The molecule has 2 fully saturated rings. The van der Waals surface area contributed by atoms with E-state index in [0.29, 0.717) is 23.5 Å². The van der Waals surface area contributed by atoms with Gasteiger partial charge < -0.3 is 14.7 Å². The summed E-state index contributed by atoms with van der Waals surface area (Å²) in [5.74, 6) is -0.517. The Morgan fingerprint density at radius 1 is 1.25 bits per heavy atom. The molecule has 4 rings (SSSR count). The van der Waals surface area contributed by atoms with Crippen molar-refractivity contribution in [3.63, 3.8) is 0 Å². The van der Waals surface area contributed by atoms with E-state index in [9.17, 15) is 18.3 Å². The number of hydrogen-bond donors (Lipinski definition) is 1. The number of nitrogens with zero attached hydrogens (tertiary/aromatic N) is 2. The summed E-state index contributed by atoms with van der Waals surface area (Å²) in [6, 6.07) is 4.02. The molecule has 0 spiro atoms. The Labute approximate surface area is 166 Å². The minimum absolute atomic E-state index is 0.444. The minimum Gasteiger partial charge on any atom is -0.368 e. The SMILES string of the molecule is COC1(O)CCC(CN2CCN(c3csc4cc(C(F)(F)F)ccc34)CC2)C1. The Morgan fingerprint density at radius 3 is 2.64 bits per heavy atom. The topological polar surface area (TPSA) is 35.9 Å². The van der Waals surface area contributed by atoms with E-state index in [4.69, 9.17) is 4.74 Å². The van der Waals surface area contributed by atoms with Crippen LogP contribution in [-0.4, -0.2) is 55.6 Å². The fourth-order valence-electron chi connectivity index (χ4n) is 4.40. The number of methoxy groups -OCH3 is 1. The predicted octanol–water partition coefficient (Wildman–Crippen LogP) is 4.18. The lowest BCUT2D eigenvalue weighted by Crippen LogP contribution is -2.47. The van der Waals surface area contributed by atoms with E-state index in [1.807, 2.05) is 5.38 Å². The van der Waals surface area contributed by atoms with Crippen LogP contribution in [0.1, 0.15) is 24.8 Å². The van der Waals surface area contributed by atoms with Crippen LogP contribution in [0.3, 0.4) is 0 Å². The van der Waals surface area contributed by atoms with Gasteiger partial charge in [0.05, 0.1) is 11.3 Å². The first-order valence-corrected chi connectivity index (χ1v) is 10.5. The largest absolute Gasteiger partial charge is 0.416 e. The Balaban J connectivity index is 1.38. The molecule has 1 aliphatic heterocycles. The fourth-order valence-corrected chi connectivity index (χ4v) is 5.41. The van der Waals surface area contributed by atoms with E-state index in [1.54, 1.807) is 13.2 Å². The molecule has 1 aromatic heterocycles. The molecular weight excluding hydrogens is 389 g/mol. The van der Waals surface area contributed by atoms with Gasteiger partial charge in [-0.25, -0.2) is 0 Å². The average Bonchev–Trinajstić information content (AvgIpc) is 3.25. The zero-order valence-corrected chi connectivity index (χ0v) is 16.7. The molecule has 0 amide bonds. The summed E-state index contributed by atoms with van der Waals surface area (Å²) < 4.78 is 44.7. The second-order valence-electron chi connectivity index (χ2n) is 7.88. The third kappa shape index (κ3) is 4.01. The van der Waals surface area contributed by atoms with Crippen molar-refractivity contribution in [2.75, 3.05) is 44.7 Å². The average molecular weight is 414 g/mol. The summed E-state index contributed by atoms with van der Waals surface area (Å²) in [4.78, 5) is 4.68. The summed E-state index contributed by atoms with van der Waals surface area (Å²) in [6.07, 6.45) is -1.96. The van der Waals surface area contributed by atoms with Crippen molar-refractivity contribution in [2.45, 2.75) is 31.2 Å². The lowest BCUT2D eigenvalue weighted by molar-refractivity contribution is -0.180. The number of fused-ring (bicyclic) bond motifs is 1. The van der Waals surface area contributed by atoms with E-state index in [1.165, 1.54) is 23.5 Å². The number of halogens is 3. The van der Waals surface area contributed by atoms with Gasteiger partial charge in [-0.15, -0.1) is 11.3 Å². The van der Waals surface area contributed by atoms with Crippen LogP contribution in [0, 0.1) is 5.92 Å². The third-order valence-electron chi connectivity index (χ3n) is 6.04. The zero-order valence-electron chi connectivity index (χ0n) is 15.8. The minimum atomic E-state index is -4.31. The van der Waals surface area contributed by atoms with Crippen LogP contribution in [0.15, 0.2) is 23.6 Å². The summed E-state index contributed by atoms with van der Waals surface area (Å²) in [6.45, 7) is 4.50.